The molecular formula is C20H25ClF3NO6. The maximum atomic E-state index is 12.1. The molecule has 1 aliphatic carbocycles. The molecule has 1 amide bonds. The molecular weight excluding hydrogens is 443 g/mol. The van der Waals surface area contributed by atoms with Crippen molar-refractivity contribution >= 4 is 17.5 Å². The number of amides is 1. The third-order valence-electron chi connectivity index (χ3n) is 5.14. The lowest BCUT2D eigenvalue weighted by Crippen LogP contribution is -2.48. The van der Waals surface area contributed by atoms with E-state index < -0.39 is 24.7 Å². The highest BCUT2D eigenvalue weighted by atomic mass is 35.5. The van der Waals surface area contributed by atoms with E-state index in [0.717, 1.165) is 0 Å². The first-order valence-corrected chi connectivity index (χ1v) is 10.4. The zero-order chi connectivity index (χ0) is 22.4. The van der Waals surface area contributed by atoms with Crippen molar-refractivity contribution in [3.63, 3.8) is 0 Å². The van der Waals surface area contributed by atoms with Crippen LogP contribution in [-0.4, -0.2) is 67.7 Å². The molecule has 0 spiro atoms. The Kier molecular flexibility index (Phi) is 8.40. The van der Waals surface area contributed by atoms with Crippen LogP contribution < -0.4 is 10.1 Å². The van der Waals surface area contributed by atoms with E-state index in [-0.39, 0.29) is 50.7 Å². The highest BCUT2D eigenvalue weighted by Gasteiger charge is 2.41. The van der Waals surface area contributed by atoms with Crippen LogP contribution in [0.5, 0.6) is 5.75 Å². The van der Waals surface area contributed by atoms with Crippen molar-refractivity contribution in [2.45, 2.75) is 62.5 Å². The van der Waals surface area contributed by atoms with E-state index in [1.807, 2.05) is 0 Å². The molecule has 0 radical (unpaired) electrons. The van der Waals surface area contributed by atoms with E-state index in [1.165, 1.54) is 0 Å². The van der Waals surface area contributed by atoms with Gasteiger partial charge >= 0.3 is 6.36 Å². The average molecular weight is 468 g/mol. The molecule has 7 nitrogen and oxygen atoms in total. The number of halogens is 4. The van der Waals surface area contributed by atoms with Crippen LogP contribution in [0.1, 0.15) is 25.7 Å². The first kappa shape index (κ1) is 24.1. The summed E-state index contributed by atoms with van der Waals surface area (Å²) >= 11 is 5.79. The lowest BCUT2D eigenvalue weighted by atomic mass is 9.92. The van der Waals surface area contributed by atoms with E-state index in [4.69, 9.17) is 25.8 Å². The molecule has 1 unspecified atom stereocenters. The fourth-order valence-electron chi connectivity index (χ4n) is 3.42. The fourth-order valence-corrected chi connectivity index (χ4v) is 3.54. The van der Waals surface area contributed by atoms with Gasteiger partial charge in [-0.05, 0) is 37.1 Å². The van der Waals surface area contributed by atoms with Crippen molar-refractivity contribution in [3.05, 3.63) is 29.3 Å². The van der Waals surface area contributed by atoms with Crippen LogP contribution in [-0.2, 0) is 19.0 Å². The van der Waals surface area contributed by atoms with Crippen LogP contribution in [0, 0.1) is 0 Å². The van der Waals surface area contributed by atoms with Gasteiger partial charge in [0.05, 0.1) is 37.6 Å². The molecule has 0 bridgehead atoms. The van der Waals surface area contributed by atoms with Crippen LogP contribution in [0.25, 0.3) is 0 Å². The average Bonchev–Trinajstić information content (AvgIpc) is 2.68. The Balaban J connectivity index is 1.27. The van der Waals surface area contributed by atoms with Gasteiger partial charge in [0.25, 0.3) is 5.91 Å². The Hall–Kier alpha value is -1.59. The number of carbonyl (C=O) groups excluding carboxylic acids is 1. The summed E-state index contributed by atoms with van der Waals surface area (Å²) in [6.45, 7) is 0.0673. The SMILES string of the molecule is O=C(COc1ccc(Cl)cc1)N[C@@H]1CC[C@@H](C(O)CO[C@H]2C[C@@H](OC(F)(F)F)C2)OC1. The molecule has 1 aromatic carbocycles. The normalized spacial score (nSPS) is 27.3. The third-order valence-corrected chi connectivity index (χ3v) is 5.40. The first-order chi connectivity index (χ1) is 14.7. The van der Waals surface area contributed by atoms with Crippen molar-refractivity contribution in [2.75, 3.05) is 19.8 Å². The van der Waals surface area contributed by atoms with Crippen LogP contribution in [0.15, 0.2) is 24.3 Å². The second kappa shape index (κ2) is 10.8. The number of rotatable bonds is 9. The molecule has 0 aromatic heterocycles. The molecule has 3 atom stereocenters. The predicted octanol–water partition coefficient (Wildman–Crippen LogP) is 2.83. The summed E-state index contributed by atoms with van der Waals surface area (Å²) in [5.41, 5.74) is 0. The molecule has 2 fully saturated rings. The number of benzene rings is 1. The standard InChI is InChI=1S/C20H25ClF3NO6/c21-12-1-4-14(5-2-12)29-11-19(27)25-13-3-6-18(30-9-13)17(26)10-28-15-7-16(8-15)31-20(22,23)24/h1-2,4-5,13,15-18,26H,3,6-11H2,(H,25,27)/t13-,15-,16+,17?,18+/m1/s1. The van der Waals surface area contributed by atoms with Crippen molar-refractivity contribution in [1.29, 1.82) is 0 Å². The Morgan fingerprint density at radius 1 is 1.23 bits per heavy atom. The number of alkyl halides is 3. The maximum absolute atomic E-state index is 12.1. The second-order valence-corrected chi connectivity index (χ2v) is 8.07. The van der Waals surface area contributed by atoms with Crippen molar-refractivity contribution < 1.29 is 42.0 Å². The van der Waals surface area contributed by atoms with Gasteiger partial charge in [-0.3, -0.25) is 9.53 Å². The van der Waals surface area contributed by atoms with Crippen LogP contribution in [0.4, 0.5) is 13.2 Å². The smallest absolute Gasteiger partial charge is 0.484 e. The van der Waals surface area contributed by atoms with Gasteiger partial charge in [0.15, 0.2) is 6.61 Å². The summed E-state index contributed by atoms with van der Waals surface area (Å²) in [4.78, 5) is 12.0. The number of ether oxygens (including phenoxy) is 4. The van der Waals surface area contributed by atoms with E-state index in [0.29, 0.717) is 23.6 Å². The fraction of sp³-hybridized carbons (Fsp3) is 0.650. The highest BCUT2D eigenvalue weighted by molar-refractivity contribution is 6.30. The van der Waals surface area contributed by atoms with Crippen molar-refractivity contribution in [1.82, 2.24) is 5.32 Å². The van der Waals surface area contributed by atoms with Crippen LogP contribution >= 0.6 is 11.6 Å². The summed E-state index contributed by atoms with van der Waals surface area (Å²) in [7, 11) is 0. The Morgan fingerprint density at radius 2 is 1.94 bits per heavy atom. The molecule has 1 heterocycles. The monoisotopic (exact) mass is 467 g/mol. The minimum absolute atomic E-state index is 0.0277. The first-order valence-electron chi connectivity index (χ1n) is 10.0. The van der Waals surface area contributed by atoms with E-state index >= 15 is 0 Å². The Morgan fingerprint density at radius 3 is 2.55 bits per heavy atom. The number of aliphatic hydroxyl groups excluding tert-OH is 1. The summed E-state index contributed by atoms with van der Waals surface area (Å²) in [6.07, 6.45) is -5.84. The van der Waals surface area contributed by atoms with Crippen molar-refractivity contribution in [2.24, 2.45) is 0 Å². The van der Waals surface area contributed by atoms with Crippen molar-refractivity contribution in [3.8, 4) is 5.75 Å². The predicted molar refractivity (Wildman–Crippen MR) is 104 cm³/mol. The minimum Gasteiger partial charge on any atom is -0.484 e. The van der Waals surface area contributed by atoms with Gasteiger partial charge in [-0.1, -0.05) is 11.6 Å². The molecule has 1 saturated heterocycles. The zero-order valence-electron chi connectivity index (χ0n) is 16.6. The summed E-state index contributed by atoms with van der Waals surface area (Å²) in [5, 5.41) is 13.6. The minimum atomic E-state index is -4.64. The molecule has 11 heteroatoms. The number of aliphatic hydroxyl groups is 1. The molecule has 1 saturated carbocycles. The zero-order valence-corrected chi connectivity index (χ0v) is 17.4. The largest absolute Gasteiger partial charge is 0.522 e. The van der Waals surface area contributed by atoms with E-state index in [9.17, 15) is 23.1 Å². The van der Waals surface area contributed by atoms with Gasteiger partial charge in [0.1, 0.15) is 11.9 Å². The molecule has 31 heavy (non-hydrogen) atoms. The molecule has 1 aliphatic heterocycles. The quantitative estimate of drug-likeness (QED) is 0.581. The molecule has 1 aromatic rings. The van der Waals surface area contributed by atoms with Crippen LogP contribution in [0.3, 0.4) is 0 Å². The number of hydrogen-bond donors (Lipinski definition) is 2. The van der Waals surface area contributed by atoms with E-state index in [2.05, 4.69) is 10.1 Å². The van der Waals surface area contributed by atoms with Gasteiger partial charge in [-0.2, -0.15) is 0 Å². The Labute approximate surface area is 182 Å². The summed E-state index contributed by atoms with van der Waals surface area (Å²) in [6, 6.07) is 6.47. The second-order valence-electron chi connectivity index (χ2n) is 7.64. The van der Waals surface area contributed by atoms with Gasteiger partial charge < -0.3 is 24.6 Å². The van der Waals surface area contributed by atoms with Crippen LogP contribution in [0.2, 0.25) is 5.02 Å². The van der Waals surface area contributed by atoms with E-state index in [1.54, 1.807) is 24.3 Å². The molecule has 3 rings (SSSR count). The molecule has 174 valence electrons. The topological polar surface area (TPSA) is 86.3 Å². The highest BCUT2D eigenvalue weighted by Crippen LogP contribution is 2.32. The molecule has 2 aliphatic rings. The van der Waals surface area contributed by atoms with Gasteiger partial charge in [0.2, 0.25) is 0 Å². The molecule has 2 N–H and O–H groups in total. The number of hydrogen-bond acceptors (Lipinski definition) is 6. The van der Waals surface area contributed by atoms with Gasteiger partial charge in [-0.15, -0.1) is 13.2 Å². The Bertz CT molecular complexity index is 706. The van der Waals surface area contributed by atoms with Gasteiger partial charge in [-0.25, -0.2) is 0 Å². The van der Waals surface area contributed by atoms with Gasteiger partial charge in [0, 0.05) is 17.9 Å². The summed E-state index contributed by atoms with van der Waals surface area (Å²) < 4.78 is 56.7. The lowest BCUT2D eigenvalue weighted by Gasteiger charge is -2.37. The third kappa shape index (κ3) is 8.12. The summed E-state index contributed by atoms with van der Waals surface area (Å²) in [5.74, 6) is 0.247. The maximum Gasteiger partial charge on any atom is 0.522 e. The lowest BCUT2D eigenvalue weighted by molar-refractivity contribution is -0.357. The number of carbonyl (C=O) groups is 1. The number of nitrogens with one attached hydrogen (secondary N) is 1.